The summed E-state index contributed by atoms with van der Waals surface area (Å²) in [6, 6.07) is 14.8. The lowest BCUT2D eigenvalue weighted by molar-refractivity contribution is -0.116. The number of nitrogens with zero attached hydrogens (tertiary/aromatic N) is 2. The Bertz CT molecular complexity index is 1230. The van der Waals surface area contributed by atoms with Crippen LogP contribution in [0.1, 0.15) is 18.7 Å². The van der Waals surface area contributed by atoms with Crippen molar-refractivity contribution in [3.05, 3.63) is 70.1 Å². The molecule has 0 saturated carbocycles. The van der Waals surface area contributed by atoms with Gasteiger partial charge in [0.25, 0.3) is 5.56 Å². The number of hydrogen-bond acceptors (Lipinski definition) is 6. The molecule has 30 heavy (non-hydrogen) atoms. The molecule has 0 atom stereocenters. The molecule has 4 rings (SSSR count). The van der Waals surface area contributed by atoms with E-state index in [0.717, 1.165) is 17.0 Å². The fourth-order valence-electron chi connectivity index (χ4n) is 3.08. The molecule has 2 heterocycles. The van der Waals surface area contributed by atoms with Gasteiger partial charge in [0.1, 0.15) is 11.6 Å². The molecular formula is C22H20N4O3S. The Morgan fingerprint density at radius 3 is 2.73 bits per heavy atom. The first-order chi connectivity index (χ1) is 14.6. The first-order valence-corrected chi connectivity index (χ1v) is 10.4. The number of aryl methyl sites for hydroxylation is 1. The van der Waals surface area contributed by atoms with E-state index in [1.807, 2.05) is 47.8 Å². The monoisotopic (exact) mass is 420 g/mol. The van der Waals surface area contributed by atoms with E-state index in [1.54, 1.807) is 13.2 Å². The number of benzene rings is 2. The van der Waals surface area contributed by atoms with Gasteiger partial charge in [-0.3, -0.25) is 9.59 Å². The van der Waals surface area contributed by atoms with Gasteiger partial charge in [-0.1, -0.05) is 12.1 Å². The lowest BCUT2D eigenvalue weighted by Gasteiger charge is -2.04. The molecule has 0 spiro atoms. The number of thiazole rings is 1. The molecule has 0 aliphatic heterocycles. The van der Waals surface area contributed by atoms with Crippen LogP contribution in [0.2, 0.25) is 0 Å². The predicted octanol–water partition coefficient (Wildman–Crippen LogP) is 4.02. The van der Waals surface area contributed by atoms with Crippen molar-refractivity contribution >= 4 is 33.3 Å². The number of ether oxygens (including phenoxy) is 1. The van der Waals surface area contributed by atoms with E-state index in [4.69, 9.17) is 4.74 Å². The number of H-pyrrole nitrogens is 1. The molecule has 0 radical (unpaired) electrons. The summed E-state index contributed by atoms with van der Waals surface area (Å²) in [4.78, 5) is 36.1. The predicted molar refractivity (Wildman–Crippen MR) is 118 cm³/mol. The van der Waals surface area contributed by atoms with Gasteiger partial charge in [-0.15, -0.1) is 11.3 Å². The molecule has 0 bridgehead atoms. The van der Waals surface area contributed by atoms with Crippen molar-refractivity contribution in [1.29, 1.82) is 0 Å². The first-order valence-electron chi connectivity index (χ1n) is 9.50. The Labute approximate surface area is 176 Å². The number of rotatable bonds is 7. The number of nitrogens with one attached hydrogen (secondary N) is 2. The van der Waals surface area contributed by atoms with Crippen LogP contribution in [-0.4, -0.2) is 28.0 Å². The lowest BCUT2D eigenvalue weighted by Crippen LogP contribution is -2.14. The molecule has 2 aromatic carbocycles. The lowest BCUT2D eigenvalue weighted by atomic mass is 10.2. The topological polar surface area (TPSA) is 97.0 Å². The number of aromatic amines is 1. The second-order valence-electron chi connectivity index (χ2n) is 6.70. The summed E-state index contributed by atoms with van der Waals surface area (Å²) in [5, 5.41) is 5.86. The highest BCUT2D eigenvalue weighted by Gasteiger charge is 2.09. The Balaban J connectivity index is 1.32. The van der Waals surface area contributed by atoms with Crippen molar-refractivity contribution in [2.75, 3.05) is 12.4 Å². The summed E-state index contributed by atoms with van der Waals surface area (Å²) in [5.41, 5.74) is 2.26. The molecule has 2 aromatic heterocycles. The minimum atomic E-state index is -0.158. The number of hydrogen-bond donors (Lipinski definition) is 2. The second-order valence-corrected chi connectivity index (χ2v) is 7.56. The van der Waals surface area contributed by atoms with E-state index in [1.165, 1.54) is 11.3 Å². The normalized spacial score (nSPS) is 10.8. The Hall–Kier alpha value is -3.52. The molecule has 8 heteroatoms. The minimum absolute atomic E-state index is 0.117. The van der Waals surface area contributed by atoms with Crippen LogP contribution in [0.15, 0.2) is 58.7 Å². The number of para-hydroxylation sites is 1. The number of anilines is 1. The number of carbonyl (C=O) groups excluding carboxylic acids is 1. The summed E-state index contributed by atoms with van der Waals surface area (Å²) in [6.45, 7) is 0. The number of aromatic nitrogens is 3. The fraction of sp³-hybridized carbons (Fsp3) is 0.182. The van der Waals surface area contributed by atoms with Crippen LogP contribution in [0.5, 0.6) is 5.75 Å². The third-order valence-corrected chi connectivity index (χ3v) is 5.37. The van der Waals surface area contributed by atoms with E-state index in [2.05, 4.69) is 20.3 Å². The van der Waals surface area contributed by atoms with Crippen LogP contribution >= 0.6 is 11.3 Å². The Kier molecular flexibility index (Phi) is 5.85. The first kappa shape index (κ1) is 19.8. The number of amides is 1. The quantitative estimate of drug-likeness (QED) is 0.471. The number of carbonyl (C=O) groups is 1. The summed E-state index contributed by atoms with van der Waals surface area (Å²) < 4.78 is 5.16. The van der Waals surface area contributed by atoms with Gasteiger partial charge in [-0.05, 0) is 42.8 Å². The largest absolute Gasteiger partial charge is 0.497 e. The fourth-order valence-corrected chi connectivity index (χ4v) is 3.81. The van der Waals surface area contributed by atoms with Crippen molar-refractivity contribution in [3.8, 4) is 17.0 Å². The van der Waals surface area contributed by atoms with E-state index in [-0.39, 0.29) is 11.5 Å². The van der Waals surface area contributed by atoms with Crippen LogP contribution in [-0.2, 0) is 11.2 Å². The molecule has 4 aromatic rings. The summed E-state index contributed by atoms with van der Waals surface area (Å²) in [5.74, 6) is 1.25. The Morgan fingerprint density at radius 2 is 1.93 bits per heavy atom. The highest BCUT2D eigenvalue weighted by Crippen LogP contribution is 2.26. The average Bonchev–Trinajstić information content (AvgIpc) is 3.22. The van der Waals surface area contributed by atoms with Gasteiger partial charge in [0.2, 0.25) is 5.91 Å². The molecule has 0 fully saturated rings. The molecule has 0 saturated heterocycles. The maximum Gasteiger partial charge on any atom is 0.258 e. The van der Waals surface area contributed by atoms with E-state index in [0.29, 0.717) is 41.1 Å². The molecular weight excluding hydrogens is 400 g/mol. The Morgan fingerprint density at radius 1 is 1.13 bits per heavy atom. The molecule has 0 aliphatic carbocycles. The zero-order chi connectivity index (χ0) is 20.9. The van der Waals surface area contributed by atoms with Crippen LogP contribution < -0.4 is 15.6 Å². The smallest absolute Gasteiger partial charge is 0.258 e. The SMILES string of the molecule is COc1ccc(-c2csc(NC(=O)CCCc3nc4ccccc4c(=O)[nH]3)n2)cc1. The minimum Gasteiger partial charge on any atom is -0.497 e. The van der Waals surface area contributed by atoms with Gasteiger partial charge < -0.3 is 15.0 Å². The van der Waals surface area contributed by atoms with E-state index in [9.17, 15) is 9.59 Å². The van der Waals surface area contributed by atoms with Crippen molar-refractivity contribution in [1.82, 2.24) is 15.0 Å². The van der Waals surface area contributed by atoms with Crippen LogP contribution in [0.4, 0.5) is 5.13 Å². The van der Waals surface area contributed by atoms with Crippen LogP contribution in [0.25, 0.3) is 22.2 Å². The van der Waals surface area contributed by atoms with Gasteiger partial charge in [-0.25, -0.2) is 9.97 Å². The van der Waals surface area contributed by atoms with Crippen molar-refractivity contribution in [2.45, 2.75) is 19.3 Å². The van der Waals surface area contributed by atoms with Gasteiger partial charge in [0.05, 0.1) is 23.7 Å². The van der Waals surface area contributed by atoms with E-state index >= 15 is 0 Å². The van der Waals surface area contributed by atoms with Crippen LogP contribution in [0, 0.1) is 0 Å². The van der Waals surface area contributed by atoms with E-state index < -0.39 is 0 Å². The third-order valence-electron chi connectivity index (χ3n) is 4.62. The molecule has 0 unspecified atom stereocenters. The zero-order valence-electron chi connectivity index (χ0n) is 16.3. The number of methoxy groups -OCH3 is 1. The molecule has 1 amide bonds. The van der Waals surface area contributed by atoms with Crippen molar-refractivity contribution in [3.63, 3.8) is 0 Å². The average molecular weight is 420 g/mol. The van der Waals surface area contributed by atoms with Gasteiger partial charge in [-0.2, -0.15) is 0 Å². The zero-order valence-corrected chi connectivity index (χ0v) is 17.2. The van der Waals surface area contributed by atoms with Gasteiger partial charge in [0, 0.05) is 23.8 Å². The molecule has 152 valence electrons. The van der Waals surface area contributed by atoms with Gasteiger partial charge in [0.15, 0.2) is 5.13 Å². The molecule has 2 N–H and O–H groups in total. The molecule has 7 nitrogen and oxygen atoms in total. The maximum absolute atomic E-state index is 12.3. The summed E-state index contributed by atoms with van der Waals surface area (Å²) in [7, 11) is 1.62. The number of fused-ring (bicyclic) bond motifs is 1. The standard InChI is InChI=1S/C22H20N4O3S/c1-29-15-11-9-14(10-12-15)18-13-30-22(24-18)26-20(27)8-4-7-19-23-17-6-3-2-5-16(17)21(28)25-19/h2-3,5-6,9-13H,4,7-8H2,1H3,(H,23,25,28)(H,24,26,27). The summed E-state index contributed by atoms with van der Waals surface area (Å²) >= 11 is 1.38. The third kappa shape index (κ3) is 4.55. The van der Waals surface area contributed by atoms with Gasteiger partial charge >= 0.3 is 0 Å². The highest BCUT2D eigenvalue weighted by molar-refractivity contribution is 7.14. The maximum atomic E-state index is 12.3. The molecule has 0 aliphatic rings. The summed E-state index contributed by atoms with van der Waals surface area (Å²) in [6.07, 6.45) is 1.40. The van der Waals surface area contributed by atoms with Crippen molar-refractivity contribution in [2.24, 2.45) is 0 Å². The highest BCUT2D eigenvalue weighted by atomic mass is 32.1. The second kappa shape index (κ2) is 8.87. The van der Waals surface area contributed by atoms with Crippen LogP contribution in [0.3, 0.4) is 0 Å². The van der Waals surface area contributed by atoms with Crippen molar-refractivity contribution < 1.29 is 9.53 Å².